The van der Waals surface area contributed by atoms with E-state index in [1.54, 1.807) is 0 Å². The Morgan fingerprint density at radius 1 is 0.565 bits per heavy atom. The van der Waals surface area contributed by atoms with E-state index in [1.807, 2.05) is 0 Å². The van der Waals surface area contributed by atoms with E-state index in [9.17, 15) is 0 Å². The molecule has 0 aliphatic carbocycles. The molecular weight excluding hydrogens is 280 g/mol. The molecule has 144 valence electrons. The van der Waals surface area contributed by atoms with Gasteiger partial charge >= 0.3 is 0 Å². The van der Waals surface area contributed by atoms with Crippen LogP contribution >= 0.6 is 0 Å². The van der Waals surface area contributed by atoms with Gasteiger partial charge in [-0.3, -0.25) is 0 Å². The molecular formula is C22H50O. The summed E-state index contributed by atoms with van der Waals surface area (Å²) >= 11 is 0. The van der Waals surface area contributed by atoms with Gasteiger partial charge < -0.3 is 4.74 Å². The minimum atomic E-state index is 0.404. The van der Waals surface area contributed by atoms with Crippen molar-refractivity contribution in [3.63, 3.8) is 0 Å². The van der Waals surface area contributed by atoms with E-state index in [0.29, 0.717) is 6.10 Å². The van der Waals surface area contributed by atoms with Crippen LogP contribution in [-0.2, 0) is 4.74 Å². The molecule has 1 heteroatoms. The molecule has 0 bridgehead atoms. The molecule has 0 aromatic heterocycles. The molecule has 0 spiro atoms. The molecule has 0 atom stereocenters. The van der Waals surface area contributed by atoms with Gasteiger partial charge in [0, 0.05) is 6.61 Å². The largest absolute Gasteiger partial charge is 0.379 e. The van der Waals surface area contributed by atoms with Gasteiger partial charge in [0.05, 0.1) is 6.10 Å². The number of rotatable bonds is 11. The van der Waals surface area contributed by atoms with Gasteiger partial charge in [0.25, 0.3) is 0 Å². The highest BCUT2D eigenvalue weighted by Gasteiger charge is 1.91. The van der Waals surface area contributed by atoms with Crippen LogP contribution in [0.2, 0.25) is 0 Å². The zero-order valence-electron chi connectivity index (χ0n) is 18.2. The maximum Gasteiger partial charge on any atom is 0.0518 e. The van der Waals surface area contributed by atoms with Crippen molar-refractivity contribution in [1.29, 1.82) is 0 Å². The number of hydrogen-bond acceptors (Lipinski definition) is 1. The quantitative estimate of drug-likeness (QED) is 0.346. The Kier molecular flexibility index (Phi) is 29.3. The minimum Gasteiger partial charge on any atom is -0.379 e. The monoisotopic (exact) mass is 330 g/mol. The van der Waals surface area contributed by atoms with Crippen molar-refractivity contribution in [2.24, 2.45) is 11.8 Å². The molecule has 0 aliphatic heterocycles. The molecule has 0 N–H and O–H groups in total. The third-order valence-electron chi connectivity index (χ3n) is 3.45. The van der Waals surface area contributed by atoms with E-state index < -0.39 is 0 Å². The lowest BCUT2D eigenvalue weighted by atomic mass is 10.1. The van der Waals surface area contributed by atoms with Crippen LogP contribution in [-0.4, -0.2) is 12.7 Å². The van der Waals surface area contributed by atoms with E-state index in [4.69, 9.17) is 4.74 Å². The first-order valence-electron chi connectivity index (χ1n) is 10.4. The molecule has 0 fully saturated rings. The standard InChI is InChI=1S/C8H18O.C8H18.C6H14/c1-4-5-6-7-9-8(2)3;1-4-5-6-7-8(2)3;1-4-5-6(2)3/h8H,4-7H2,1-3H3;8H,4-7H2,1-3H3;6H,4-5H2,1-3H3. The Morgan fingerprint density at radius 3 is 1.35 bits per heavy atom. The topological polar surface area (TPSA) is 9.23 Å². The van der Waals surface area contributed by atoms with Crippen molar-refractivity contribution in [2.75, 3.05) is 6.61 Å². The molecule has 0 radical (unpaired) electrons. The van der Waals surface area contributed by atoms with Crippen molar-refractivity contribution >= 4 is 0 Å². The predicted octanol–water partition coefficient (Wildman–Crippen LogP) is 8.27. The smallest absolute Gasteiger partial charge is 0.0518 e. The zero-order valence-corrected chi connectivity index (χ0v) is 18.2. The summed E-state index contributed by atoms with van der Waals surface area (Å²) in [5.74, 6) is 1.80. The highest BCUT2D eigenvalue weighted by Crippen LogP contribution is 2.06. The van der Waals surface area contributed by atoms with Gasteiger partial charge in [-0.25, -0.2) is 0 Å². The van der Waals surface area contributed by atoms with Crippen LogP contribution in [0.25, 0.3) is 0 Å². The molecule has 0 aromatic carbocycles. The molecule has 0 saturated heterocycles. The van der Waals surface area contributed by atoms with E-state index in [2.05, 4.69) is 62.3 Å². The third-order valence-corrected chi connectivity index (χ3v) is 3.45. The normalized spacial score (nSPS) is 10.4. The lowest BCUT2D eigenvalue weighted by Gasteiger charge is -2.05. The van der Waals surface area contributed by atoms with E-state index in [0.717, 1.165) is 18.4 Å². The molecule has 0 aromatic rings. The van der Waals surface area contributed by atoms with Crippen molar-refractivity contribution in [2.45, 2.75) is 126 Å². The first-order valence-corrected chi connectivity index (χ1v) is 10.4. The van der Waals surface area contributed by atoms with E-state index in [-0.39, 0.29) is 0 Å². The first kappa shape index (κ1) is 27.8. The van der Waals surface area contributed by atoms with Crippen molar-refractivity contribution in [3.8, 4) is 0 Å². The molecule has 0 rings (SSSR count). The van der Waals surface area contributed by atoms with Crippen LogP contribution in [0, 0.1) is 11.8 Å². The van der Waals surface area contributed by atoms with Crippen molar-refractivity contribution < 1.29 is 4.74 Å². The first-order chi connectivity index (χ1) is 10.8. The van der Waals surface area contributed by atoms with Crippen LogP contribution < -0.4 is 0 Å². The van der Waals surface area contributed by atoms with Gasteiger partial charge in [0.15, 0.2) is 0 Å². The number of hydrogen-bond donors (Lipinski definition) is 0. The van der Waals surface area contributed by atoms with Gasteiger partial charge in [-0.15, -0.1) is 0 Å². The molecule has 0 amide bonds. The van der Waals surface area contributed by atoms with E-state index >= 15 is 0 Å². The Balaban J connectivity index is -0.000000266. The molecule has 0 saturated carbocycles. The summed E-state index contributed by atoms with van der Waals surface area (Å²) in [6.45, 7) is 20.8. The Bertz CT molecular complexity index is 173. The average Bonchev–Trinajstić information content (AvgIpc) is 2.45. The molecule has 1 nitrogen and oxygen atoms in total. The Hall–Kier alpha value is -0.0400. The van der Waals surface area contributed by atoms with Gasteiger partial charge in [-0.1, -0.05) is 99.8 Å². The lowest BCUT2D eigenvalue weighted by molar-refractivity contribution is 0.0759. The summed E-state index contributed by atoms with van der Waals surface area (Å²) in [7, 11) is 0. The van der Waals surface area contributed by atoms with Crippen LogP contribution in [0.3, 0.4) is 0 Å². The zero-order chi connectivity index (χ0) is 18.5. The second kappa shape index (κ2) is 24.2. The van der Waals surface area contributed by atoms with Crippen molar-refractivity contribution in [1.82, 2.24) is 0 Å². The summed E-state index contributed by atoms with van der Waals surface area (Å²) in [6, 6.07) is 0. The van der Waals surface area contributed by atoms with Crippen LogP contribution in [0.1, 0.15) is 120 Å². The maximum absolute atomic E-state index is 5.34. The second-order valence-electron chi connectivity index (χ2n) is 7.70. The Labute approximate surface area is 150 Å². The van der Waals surface area contributed by atoms with Crippen LogP contribution in [0.4, 0.5) is 0 Å². The van der Waals surface area contributed by atoms with Crippen LogP contribution in [0.5, 0.6) is 0 Å². The fourth-order valence-electron chi connectivity index (χ4n) is 2.05. The summed E-state index contributed by atoms with van der Waals surface area (Å²) in [4.78, 5) is 0. The third kappa shape index (κ3) is 44.9. The second-order valence-corrected chi connectivity index (χ2v) is 7.70. The average molecular weight is 331 g/mol. The summed E-state index contributed by atoms with van der Waals surface area (Å²) in [5, 5.41) is 0. The lowest BCUT2D eigenvalue weighted by Crippen LogP contribution is -2.03. The fourth-order valence-corrected chi connectivity index (χ4v) is 2.05. The summed E-state index contributed by atoms with van der Waals surface area (Å²) < 4.78 is 5.34. The van der Waals surface area contributed by atoms with E-state index in [1.165, 1.54) is 57.8 Å². The Morgan fingerprint density at radius 2 is 1.04 bits per heavy atom. The fraction of sp³-hybridized carbons (Fsp3) is 1.00. The molecule has 0 unspecified atom stereocenters. The predicted molar refractivity (Wildman–Crippen MR) is 109 cm³/mol. The summed E-state index contributed by atoms with van der Waals surface area (Å²) in [6.07, 6.45) is 12.5. The molecule has 0 heterocycles. The SMILES string of the molecule is CCCC(C)C.CCCCCC(C)C.CCCCCOC(C)C. The highest BCUT2D eigenvalue weighted by atomic mass is 16.5. The minimum absolute atomic E-state index is 0.404. The summed E-state index contributed by atoms with van der Waals surface area (Å²) in [5.41, 5.74) is 0. The molecule has 0 aliphatic rings. The molecule has 23 heavy (non-hydrogen) atoms. The van der Waals surface area contributed by atoms with Crippen molar-refractivity contribution in [3.05, 3.63) is 0 Å². The number of unbranched alkanes of at least 4 members (excludes halogenated alkanes) is 4. The van der Waals surface area contributed by atoms with Gasteiger partial charge in [0.2, 0.25) is 0 Å². The highest BCUT2D eigenvalue weighted by molar-refractivity contribution is 4.44. The number of ether oxygens (including phenoxy) is 1. The van der Waals surface area contributed by atoms with Crippen LogP contribution in [0.15, 0.2) is 0 Å². The maximum atomic E-state index is 5.34. The van der Waals surface area contributed by atoms with Gasteiger partial charge in [-0.05, 0) is 32.1 Å². The van der Waals surface area contributed by atoms with Gasteiger partial charge in [-0.2, -0.15) is 0 Å². The van der Waals surface area contributed by atoms with Gasteiger partial charge in [0.1, 0.15) is 0 Å².